The van der Waals surface area contributed by atoms with Gasteiger partial charge in [-0.2, -0.15) is 0 Å². The molecule has 3 rings (SSSR count). The quantitative estimate of drug-likeness (QED) is 0.418. The lowest BCUT2D eigenvalue weighted by Gasteiger charge is -2.10. The van der Waals surface area contributed by atoms with Gasteiger partial charge in [-0.3, -0.25) is 4.98 Å². The number of thioether (sulfide) groups is 1. The maximum Gasteiger partial charge on any atom is 0.112 e. The first-order valence-electron chi connectivity index (χ1n) is 8.76. The second kappa shape index (κ2) is 9.02. The first-order valence-corrected chi connectivity index (χ1v) is 9.74. The molecule has 0 atom stereocenters. The summed E-state index contributed by atoms with van der Waals surface area (Å²) in [6.45, 7) is 3.80. The van der Waals surface area contributed by atoms with Gasteiger partial charge in [-0.1, -0.05) is 18.2 Å². The van der Waals surface area contributed by atoms with Crippen LogP contribution < -0.4 is 0 Å². The summed E-state index contributed by atoms with van der Waals surface area (Å²) < 4.78 is 7.61. The van der Waals surface area contributed by atoms with E-state index in [2.05, 4.69) is 46.8 Å². The molecule has 25 heavy (non-hydrogen) atoms. The Labute approximate surface area is 153 Å². The Morgan fingerprint density at radius 3 is 2.76 bits per heavy atom. The molecule has 3 aromatic rings. The number of aryl methyl sites for hydroxylation is 2. The van der Waals surface area contributed by atoms with Crippen molar-refractivity contribution in [1.82, 2.24) is 14.5 Å². The molecule has 0 radical (unpaired) electrons. The predicted molar refractivity (Wildman–Crippen MR) is 104 cm³/mol. The van der Waals surface area contributed by atoms with E-state index in [0.29, 0.717) is 6.61 Å². The van der Waals surface area contributed by atoms with Crippen molar-refractivity contribution < 1.29 is 4.74 Å². The number of benzene rings is 1. The van der Waals surface area contributed by atoms with Crippen molar-refractivity contribution in [3.63, 3.8) is 0 Å². The van der Waals surface area contributed by atoms with E-state index in [4.69, 9.17) is 9.72 Å². The molecule has 0 saturated carbocycles. The molecule has 0 spiro atoms. The van der Waals surface area contributed by atoms with Crippen LogP contribution in [0.2, 0.25) is 0 Å². The number of ether oxygens (including phenoxy) is 1. The van der Waals surface area contributed by atoms with E-state index >= 15 is 0 Å². The summed E-state index contributed by atoms with van der Waals surface area (Å²) >= 11 is 1.93. The molecule has 0 saturated heterocycles. The summed E-state index contributed by atoms with van der Waals surface area (Å²) in [5, 5.41) is 0. The van der Waals surface area contributed by atoms with E-state index in [1.165, 1.54) is 22.4 Å². The third kappa shape index (κ3) is 4.61. The van der Waals surface area contributed by atoms with Crippen molar-refractivity contribution >= 4 is 22.8 Å². The molecule has 0 bridgehead atoms. The molecule has 0 fully saturated rings. The molecule has 2 heterocycles. The molecule has 1 aromatic carbocycles. The number of hydrogen-bond acceptors (Lipinski definition) is 4. The highest BCUT2D eigenvalue weighted by molar-refractivity contribution is 7.99. The molecule has 0 aliphatic heterocycles. The first-order chi connectivity index (χ1) is 12.3. The van der Waals surface area contributed by atoms with E-state index in [1.54, 1.807) is 7.11 Å². The van der Waals surface area contributed by atoms with Crippen LogP contribution in [0, 0.1) is 6.92 Å². The topological polar surface area (TPSA) is 39.9 Å². The van der Waals surface area contributed by atoms with Crippen LogP contribution in [0.3, 0.4) is 0 Å². The Kier molecular flexibility index (Phi) is 6.48. The summed E-state index contributed by atoms with van der Waals surface area (Å²) in [5.74, 6) is 2.24. The zero-order valence-electron chi connectivity index (χ0n) is 14.9. The second-order valence-corrected chi connectivity index (χ2v) is 7.28. The van der Waals surface area contributed by atoms with E-state index in [0.717, 1.165) is 36.5 Å². The summed E-state index contributed by atoms with van der Waals surface area (Å²) in [6.07, 6.45) is 6.95. The Morgan fingerprint density at radius 1 is 1.12 bits per heavy atom. The SMILES string of the molecule is COCCc1nc2cncc(C)c2n1CCCCSc1ccccc1. The van der Waals surface area contributed by atoms with Gasteiger partial charge in [0.2, 0.25) is 0 Å². The van der Waals surface area contributed by atoms with Gasteiger partial charge >= 0.3 is 0 Å². The Morgan fingerprint density at radius 2 is 1.96 bits per heavy atom. The number of nitrogens with zero attached hydrogens (tertiary/aromatic N) is 3. The normalized spacial score (nSPS) is 11.3. The van der Waals surface area contributed by atoms with Crippen molar-refractivity contribution in [2.24, 2.45) is 0 Å². The van der Waals surface area contributed by atoms with Gasteiger partial charge in [-0.15, -0.1) is 11.8 Å². The van der Waals surface area contributed by atoms with E-state index in [1.807, 2.05) is 24.2 Å². The molecule has 0 amide bonds. The van der Waals surface area contributed by atoms with Crippen LogP contribution in [-0.2, 0) is 17.7 Å². The molecule has 2 aromatic heterocycles. The fraction of sp³-hybridized carbons (Fsp3) is 0.400. The van der Waals surface area contributed by atoms with E-state index < -0.39 is 0 Å². The van der Waals surface area contributed by atoms with Crippen LogP contribution >= 0.6 is 11.8 Å². The van der Waals surface area contributed by atoms with Crippen LogP contribution in [0.15, 0.2) is 47.6 Å². The zero-order chi connectivity index (χ0) is 17.5. The van der Waals surface area contributed by atoms with Gasteiger partial charge in [0.05, 0.1) is 18.3 Å². The zero-order valence-corrected chi connectivity index (χ0v) is 15.8. The Bertz CT molecular complexity index is 801. The fourth-order valence-electron chi connectivity index (χ4n) is 3.01. The number of aromatic nitrogens is 3. The summed E-state index contributed by atoms with van der Waals surface area (Å²) in [6, 6.07) is 10.6. The van der Waals surface area contributed by atoms with Crippen molar-refractivity contribution in [3.05, 3.63) is 54.1 Å². The van der Waals surface area contributed by atoms with Gasteiger partial charge in [0.15, 0.2) is 0 Å². The molecule has 0 N–H and O–H groups in total. The standard InChI is InChI=1S/C20H25N3OS/c1-16-14-21-15-18-20(16)23(19(22-18)10-12-24-2)11-6-7-13-25-17-8-4-3-5-9-17/h3-5,8-9,14-15H,6-7,10-13H2,1-2H3. The Balaban J connectivity index is 1.63. The number of methoxy groups -OCH3 is 1. The number of fused-ring (bicyclic) bond motifs is 1. The highest BCUT2D eigenvalue weighted by Gasteiger charge is 2.12. The monoisotopic (exact) mass is 355 g/mol. The van der Waals surface area contributed by atoms with E-state index in [9.17, 15) is 0 Å². The molecule has 0 aliphatic carbocycles. The molecular formula is C20H25N3OS. The van der Waals surface area contributed by atoms with Gasteiger partial charge in [0.1, 0.15) is 11.3 Å². The smallest absolute Gasteiger partial charge is 0.112 e. The summed E-state index contributed by atoms with van der Waals surface area (Å²) in [7, 11) is 1.74. The summed E-state index contributed by atoms with van der Waals surface area (Å²) in [5.41, 5.74) is 3.40. The largest absolute Gasteiger partial charge is 0.384 e. The average molecular weight is 356 g/mol. The third-order valence-corrected chi connectivity index (χ3v) is 5.33. The van der Waals surface area contributed by atoms with Gasteiger partial charge in [-0.05, 0) is 43.2 Å². The summed E-state index contributed by atoms with van der Waals surface area (Å²) in [4.78, 5) is 10.4. The highest BCUT2D eigenvalue weighted by Crippen LogP contribution is 2.22. The molecule has 5 heteroatoms. The number of imidazole rings is 1. The van der Waals surface area contributed by atoms with Gasteiger partial charge in [0, 0.05) is 31.2 Å². The number of unbranched alkanes of at least 4 members (excludes halogenated alkanes) is 1. The minimum absolute atomic E-state index is 0.694. The molecule has 0 unspecified atom stereocenters. The second-order valence-electron chi connectivity index (χ2n) is 6.12. The minimum Gasteiger partial charge on any atom is -0.384 e. The van der Waals surface area contributed by atoms with Crippen LogP contribution in [-0.4, -0.2) is 34.0 Å². The van der Waals surface area contributed by atoms with Crippen LogP contribution in [0.1, 0.15) is 24.2 Å². The number of pyridine rings is 1. The predicted octanol–water partition coefficient (Wildman–Crippen LogP) is 4.50. The molecule has 0 aliphatic rings. The maximum atomic E-state index is 5.25. The van der Waals surface area contributed by atoms with Gasteiger partial charge < -0.3 is 9.30 Å². The van der Waals surface area contributed by atoms with Gasteiger partial charge in [-0.25, -0.2) is 4.98 Å². The molecule has 132 valence electrons. The molecule has 4 nitrogen and oxygen atoms in total. The average Bonchev–Trinajstić information content (AvgIpc) is 2.99. The van der Waals surface area contributed by atoms with Crippen LogP contribution in [0.25, 0.3) is 11.0 Å². The van der Waals surface area contributed by atoms with Crippen molar-refractivity contribution in [2.75, 3.05) is 19.5 Å². The Hall–Kier alpha value is -1.85. The van der Waals surface area contributed by atoms with Gasteiger partial charge in [0.25, 0.3) is 0 Å². The lowest BCUT2D eigenvalue weighted by molar-refractivity contribution is 0.199. The lowest BCUT2D eigenvalue weighted by atomic mass is 10.2. The van der Waals surface area contributed by atoms with Crippen molar-refractivity contribution in [1.29, 1.82) is 0 Å². The third-order valence-electron chi connectivity index (χ3n) is 4.23. The first kappa shape index (κ1) is 18.0. The highest BCUT2D eigenvalue weighted by atomic mass is 32.2. The molecular weight excluding hydrogens is 330 g/mol. The minimum atomic E-state index is 0.694. The van der Waals surface area contributed by atoms with Crippen molar-refractivity contribution in [3.8, 4) is 0 Å². The lowest BCUT2D eigenvalue weighted by Crippen LogP contribution is -2.08. The number of rotatable bonds is 9. The van der Waals surface area contributed by atoms with E-state index in [-0.39, 0.29) is 0 Å². The van der Waals surface area contributed by atoms with Crippen molar-refractivity contribution in [2.45, 2.75) is 37.6 Å². The number of hydrogen-bond donors (Lipinski definition) is 0. The fourth-order valence-corrected chi connectivity index (χ4v) is 3.94. The maximum absolute atomic E-state index is 5.25. The van der Waals surface area contributed by atoms with Crippen LogP contribution in [0.5, 0.6) is 0 Å². The van der Waals surface area contributed by atoms with Crippen LogP contribution in [0.4, 0.5) is 0 Å².